The molecule has 1 heterocycles. The standard InChI is InChI=1S/C18H16N4O3S/c1-22-15-9-5-4-8-14(15)20-18(22)26-11-16(23)21-19-10-12-6-2-3-7-13(12)17(24)25/h2-10H,11H2,1H3,(H,21,23)(H,24,25)/b19-10-. The van der Waals surface area contributed by atoms with Gasteiger partial charge in [-0.25, -0.2) is 15.2 Å². The van der Waals surface area contributed by atoms with Crippen molar-refractivity contribution in [1.82, 2.24) is 15.0 Å². The molecule has 2 aromatic carbocycles. The molecule has 3 aromatic rings. The van der Waals surface area contributed by atoms with E-state index < -0.39 is 5.97 Å². The number of rotatable bonds is 6. The van der Waals surface area contributed by atoms with Crippen molar-refractivity contribution in [3.8, 4) is 0 Å². The van der Waals surface area contributed by atoms with Crippen LogP contribution in [0.4, 0.5) is 0 Å². The first-order valence-electron chi connectivity index (χ1n) is 7.75. The maximum Gasteiger partial charge on any atom is 0.336 e. The second-order valence-electron chi connectivity index (χ2n) is 5.42. The van der Waals surface area contributed by atoms with Gasteiger partial charge >= 0.3 is 5.97 Å². The number of nitrogens with zero attached hydrogens (tertiary/aromatic N) is 3. The number of hydrazone groups is 1. The van der Waals surface area contributed by atoms with Crippen molar-refractivity contribution in [3.63, 3.8) is 0 Å². The molecule has 0 aliphatic carbocycles. The van der Waals surface area contributed by atoms with Crippen LogP contribution >= 0.6 is 11.8 Å². The third kappa shape index (κ3) is 3.92. The van der Waals surface area contributed by atoms with Crippen molar-refractivity contribution in [2.24, 2.45) is 12.1 Å². The quantitative estimate of drug-likeness (QED) is 0.396. The molecule has 0 aliphatic rings. The Morgan fingerprint density at radius 3 is 2.73 bits per heavy atom. The highest BCUT2D eigenvalue weighted by Crippen LogP contribution is 2.22. The summed E-state index contributed by atoms with van der Waals surface area (Å²) in [6, 6.07) is 14.2. The van der Waals surface area contributed by atoms with Crippen LogP contribution < -0.4 is 5.43 Å². The van der Waals surface area contributed by atoms with Crippen molar-refractivity contribution < 1.29 is 14.7 Å². The van der Waals surface area contributed by atoms with Gasteiger partial charge in [0.2, 0.25) is 0 Å². The van der Waals surface area contributed by atoms with E-state index in [1.54, 1.807) is 18.2 Å². The Kier molecular flexibility index (Phi) is 5.33. The van der Waals surface area contributed by atoms with Gasteiger partial charge < -0.3 is 9.67 Å². The number of para-hydroxylation sites is 2. The molecular formula is C18H16N4O3S. The molecule has 1 amide bonds. The lowest BCUT2D eigenvalue weighted by molar-refractivity contribution is -0.118. The fourth-order valence-corrected chi connectivity index (χ4v) is 3.17. The SMILES string of the molecule is Cn1c(SCC(=O)N/N=C\c2ccccc2C(=O)O)nc2ccccc21. The lowest BCUT2D eigenvalue weighted by atomic mass is 10.1. The highest BCUT2D eigenvalue weighted by molar-refractivity contribution is 7.99. The third-order valence-electron chi connectivity index (χ3n) is 3.66. The summed E-state index contributed by atoms with van der Waals surface area (Å²) in [6.45, 7) is 0. The topological polar surface area (TPSA) is 96.6 Å². The highest BCUT2D eigenvalue weighted by Gasteiger charge is 2.10. The Morgan fingerprint density at radius 1 is 1.23 bits per heavy atom. The van der Waals surface area contributed by atoms with Gasteiger partial charge in [0.25, 0.3) is 5.91 Å². The summed E-state index contributed by atoms with van der Waals surface area (Å²) >= 11 is 1.31. The molecule has 0 bridgehead atoms. The van der Waals surface area contributed by atoms with E-state index in [2.05, 4.69) is 15.5 Å². The smallest absolute Gasteiger partial charge is 0.336 e. The van der Waals surface area contributed by atoms with Crippen LogP contribution in [0.3, 0.4) is 0 Å². The van der Waals surface area contributed by atoms with E-state index in [0.717, 1.165) is 16.2 Å². The number of aromatic nitrogens is 2. The van der Waals surface area contributed by atoms with Crippen LogP contribution in [0.1, 0.15) is 15.9 Å². The van der Waals surface area contributed by atoms with Gasteiger partial charge in [-0.3, -0.25) is 4.79 Å². The van der Waals surface area contributed by atoms with Gasteiger partial charge in [0, 0.05) is 12.6 Å². The molecule has 0 radical (unpaired) electrons. The minimum atomic E-state index is -1.05. The second-order valence-corrected chi connectivity index (χ2v) is 6.36. The number of imidazole rings is 1. The minimum absolute atomic E-state index is 0.125. The van der Waals surface area contributed by atoms with Crippen molar-refractivity contribution >= 4 is 40.9 Å². The summed E-state index contributed by atoms with van der Waals surface area (Å²) < 4.78 is 1.93. The number of carboxylic acid groups (broad SMARTS) is 1. The van der Waals surface area contributed by atoms with Gasteiger partial charge in [-0.05, 0) is 18.2 Å². The van der Waals surface area contributed by atoms with Crippen molar-refractivity contribution in [1.29, 1.82) is 0 Å². The average molecular weight is 368 g/mol. The molecule has 0 atom stereocenters. The molecule has 7 nitrogen and oxygen atoms in total. The Balaban J connectivity index is 1.59. The molecular weight excluding hydrogens is 352 g/mol. The zero-order chi connectivity index (χ0) is 18.5. The molecule has 0 fully saturated rings. The number of benzene rings is 2. The van der Waals surface area contributed by atoms with Crippen LogP contribution in [0.15, 0.2) is 58.8 Å². The number of thioether (sulfide) groups is 1. The Labute approximate surface area is 153 Å². The molecule has 0 unspecified atom stereocenters. The van der Waals surface area contributed by atoms with Gasteiger partial charge in [0.15, 0.2) is 5.16 Å². The summed E-state index contributed by atoms with van der Waals surface area (Å²) in [5, 5.41) is 13.7. The lowest BCUT2D eigenvalue weighted by Gasteiger charge is -2.02. The van der Waals surface area contributed by atoms with Gasteiger partial charge in [0.1, 0.15) is 0 Å². The molecule has 3 rings (SSSR count). The number of amides is 1. The Morgan fingerprint density at radius 2 is 1.96 bits per heavy atom. The van der Waals surface area contributed by atoms with Gasteiger partial charge in [-0.15, -0.1) is 0 Å². The van der Waals surface area contributed by atoms with E-state index in [1.807, 2.05) is 35.9 Å². The Hall–Kier alpha value is -3.13. The predicted molar refractivity (Wildman–Crippen MR) is 101 cm³/mol. The number of carboxylic acids is 1. The maximum atomic E-state index is 12.0. The monoisotopic (exact) mass is 368 g/mol. The van der Waals surface area contributed by atoms with E-state index in [4.69, 9.17) is 5.11 Å². The van der Waals surface area contributed by atoms with Crippen LogP contribution in [0.2, 0.25) is 0 Å². The van der Waals surface area contributed by atoms with Crippen molar-refractivity contribution in [2.75, 3.05) is 5.75 Å². The number of carbonyl (C=O) groups is 2. The number of nitrogens with one attached hydrogen (secondary N) is 1. The molecule has 0 saturated carbocycles. The fourth-order valence-electron chi connectivity index (χ4n) is 2.39. The number of aryl methyl sites for hydroxylation is 1. The van der Waals surface area contributed by atoms with Crippen LogP contribution in [0.25, 0.3) is 11.0 Å². The first-order chi connectivity index (χ1) is 12.6. The lowest BCUT2D eigenvalue weighted by Crippen LogP contribution is -2.20. The van der Waals surface area contributed by atoms with Crippen LogP contribution in [-0.4, -0.2) is 38.5 Å². The predicted octanol–water partition coefficient (Wildman–Crippen LogP) is 2.51. The van der Waals surface area contributed by atoms with Gasteiger partial charge in [0.05, 0.1) is 28.6 Å². The Bertz CT molecular complexity index is 997. The number of aromatic carboxylic acids is 1. The van der Waals surface area contributed by atoms with E-state index in [1.165, 1.54) is 24.0 Å². The normalized spacial score (nSPS) is 11.1. The second kappa shape index (κ2) is 7.83. The van der Waals surface area contributed by atoms with Crippen LogP contribution in [-0.2, 0) is 11.8 Å². The number of hydrogen-bond donors (Lipinski definition) is 2. The number of carbonyl (C=O) groups excluding carboxylic acids is 1. The minimum Gasteiger partial charge on any atom is -0.478 e. The zero-order valence-corrected chi connectivity index (χ0v) is 14.7. The molecule has 1 aromatic heterocycles. The maximum absolute atomic E-state index is 12.0. The fraction of sp³-hybridized carbons (Fsp3) is 0.111. The summed E-state index contributed by atoms with van der Waals surface area (Å²) in [7, 11) is 1.90. The summed E-state index contributed by atoms with van der Waals surface area (Å²) in [6.07, 6.45) is 1.32. The molecule has 132 valence electrons. The van der Waals surface area contributed by atoms with E-state index >= 15 is 0 Å². The van der Waals surface area contributed by atoms with E-state index in [0.29, 0.717) is 5.56 Å². The van der Waals surface area contributed by atoms with Crippen LogP contribution in [0, 0.1) is 0 Å². The molecule has 2 N–H and O–H groups in total. The molecule has 8 heteroatoms. The summed E-state index contributed by atoms with van der Waals surface area (Å²) in [4.78, 5) is 27.6. The van der Waals surface area contributed by atoms with Gasteiger partial charge in [-0.1, -0.05) is 42.1 Å². The van der Waals surface area contributed by atoms with E-state index in [9.17, 15) is 9.59 Å². The van der Waals surface area contributed by atoms with Gasteiger partial charge in [-0.2, -0.15) is 5.10 Å². The molecule has 0 spiro atoms. The van der Waals surface area contributed by atoms with Crippen molar-refractivity contribution in [2.45, 2.75) is 5.16 Å². The number of fused-ring (bicyclic) bond motifs is 1. The number of hydrogen-bond acceptors (Lipinski definition) is 5. The van der Waals surface area contributed by atoms with Crippen molar-refractivity contribution in [3.05, 3.63) is 59.7 Å². The first-order valence-corrected chi connectivity index (χ1v) is 8.73. The summed E-state index contributed by atoms with van der Waals surface area (Å²) in [5.74, 6) is -1.20. The molecule has 0 saturated heterocycles. The highest BCUT2D eigenvalue weighted by atomic mass is 32.2. The molecule has 0 aliphatic heterocycles. The third-order valence-corrected chi connectivity index (χ3v) is 4.69. The average Bonchev–Trinajstić information content (AvgIpc) is 2.96. The summed E-state index contributed by atoms with van der Waals surface area (Å²) in [5.41, 5.74) is 4.82. The zero-order valence-electron chi connectivity index (χ0n) is 13.9. The van der Waals surface area contributed by atoms with Crippen LogP contribution in [0.5, 0.6) is 0 Å². The first kappa shape index (κ1) is 17.7. The van der Waals surface area contributed by atoms with E-state index in [-0.39, 0.29) is 17.2 Å². The largest absolute Gasteiger partial charge is 0.478 e. The molecule has 26 heavy (non-hydrogen) atoms.